The van der Waals surface area contributed by atoms with Crippen molar-refractivity contribution in [2.45, 2.75) is 77.7 Å². The third-order valence-electron chi connectivity index (χ3n) is 7.93. The molecule has 0 bridgehead atoms. The van der Waals surface area contributed by atoms with Crippen molar-refractivity contribution in [1.29, 1.82) is 0 Å². The van der Waals surface area contributed by atoms with Crippen LogP contribution in [0.15, 0.2) is 11.6 Å². The Hall–Kier alpha value is -0.300. The highest BCUT2D eigenvalue weighted by Crippen LogP contribution is 2.64. The van der Waals surface area contributed by atoms with Crippen LogP contribution >= 0.6 is 0 Å². The standard InChI is InChI=1S/C19H30O/c1-18-11-4-6-15(18)14-9-8-13-5-3-7-17(20)19(13,2)16(14)10-12-18/h8,14-17,20H,3-7,9-12H2,1-2H3/t14-,15-,16+,17?,18-,19-/m0/s1. The first-order chi connectivity index (χ1) is 9.56. The molecule has 1 unspecified atom stereocenters. The van der Waals surface area contributed by atoms with E-state index in [2.05, 4.69) is 19.9 Å². The molecule has 0 spiro atoms. The Morgan fingerprint density at radius 2 is 1.90 bits per heavy atom. The highest BCUT2D eigenvalue weighted by Gasteiger charge is 2.57. The Morgan fingerprint density at radius 3 is 2.75 bits per heavy atom. The summed E-state index contributed by atoms with van der Waals surface area (Å²) in [5.41, 5.74) is 2.35. The van der Waals surface area contributed by atoms with Gasteiger partial charge >= 0.3 is 0 Å². The van der Waals surface area contributed by atoms with Crippen molar-refractivity contribution in [3.63, 3.8) is 0 Å². The lowest BCUT2D eigenvalue weighted by molar-refractivity contribution is -0.0814. The fourth-order valence-electron chi connectivity index (χ4n) is 6.71. The zero-order valence-electron chi connectivity index (χ0n) is 13.2. The topological polar surface area (TPSA) is 20.2 Å². The summed E-state index contributed by atoms with van der Waals surface area (Å²) in [4.78, 5) is 0. The largest absolute Gasteiger partial charge is 0.392 e. The summed E-state index contributed by atoms with van der Waals surface area (Å²) in [6.45, 7) is 4.96. The normalized spacial score (nSPS) is 54.6. The molecule has 1 N–H and O–H groups in total. The zero-order chi connectivity index (χ0) is 14.0. The zero-order valence-corrected chi connectivity index (χ0v) is 13.2. The average Bonchev–Trinajstić information content (AvgIpc) is 2.82. The summed E-state index contributed by atoms with van der Waals surface area (Å²) in [5.74, 6) is 2.55. The molecule has 1 nitrogen and oxygen atoms in total. The van der Waals surface area contributed by atoms with E-state index in [1.807, 2.05) is 0 Å². The number of hydrogen-bond donors (Lipinski definition) is 1. The summed E-state index contributed by atoms with van der Waals surface area (Å²) < 4.78 is 0. The van der Waals surface area contributed by atoms with Crippen LogP contribution in [-0.4, -0.2) is 11.2 Å². The van der Waals surface area contributed by atoms with Gasteiger partial charge in [0, 0.05) is 5.41 Å². The first-order valence-corrected chi connectivity index (χ1v) is 8.93. The molecule has 0 aliphatic heterocycles. The number of rotatable bonds is 0. The first kappa shape index (κ1) is 13.4. The molecule has 6 atom stereocenters. The Bertz CT molecular complexity index is 439. The van der Waals surface area contributed by atoms with Crippen LogP contribution in [0.25, 0.3) is 0 Å². The van der Waals surface area contributed by atoms with Crippen molar-refractivity contribution < 1.29 is 5.11 Å². The maximum atomic E-state index is 10.8. The average molecular weight is 274 g/mol. The van der Waals surface area contributed by atoms with E-state index in [9.17, 15) is 5.11 Å². The molecular formula is C19H30O. The Balaban J connectivity index is 1.72. The number of aliphatic hydroxyl groups is 1. The lowest BCUT2D eigenvalue weighted by atomic mass is 9.47. The third kappa shape index (κ3) is 1.59. The molecule has 4 aliphatic rings. The SMILES string of the molecule is C[C@@]12CCC[C@H]1[C@@H]1CC=C3CCCC(O)[C@]3(C)[C@@H]1CC2. The minimum Gasteiger partial charge on any atom is -0.392 e. The molecule has 0 saturated heterocycles. The van der Waals surface area contributed by atoms with Gasteiger partial charge in [-0.3, -0.25) is 0 Å². The van der Waals surface area contributed by atoms with E-state index in [0.717, 1.165) is 24.2 Å². The molecule has 0 heterocycles. The van der Waals surface area contributed by atoms with Gasteiger partial charge < -0.3 is 5.11 Å². The number of fused-ring (bicyclic) bond motifs is 5. The van der Waals surface area contributed by atoms with E-state index in [-0.39, 0.29) is 11.5 Å². The molecule has 1 heteroatoms. The maximum absolute atomic E-state index is 10.8. The Morgan fingerprint density at radius 1 is 1.05 bits per heavy atom. The predicted octanol–water partition coefficient (Wildman–Crippen LogP) is 4.70. The van der Waals surface area contributed by atoms with Crippen LogP contribution in [-0.2, 0) is 0 Å². The second-order valence-electron chi connectivity index (χ2n) is 8.62. The molecule has 4 aliphatic carbocycles. The quantitative estimate of drug-likeness (QED) is 0.635. The number of allylic oxidation sites excluding steroid dienone is 1. The van der Waals surface area contributed by atoms with Crippen molar-refractivity contribution in [3.8, 4) is 0 Å². The minimum absolute atomic E-state index is 0.0824. The van der Waals surface area contributed by atoms with Crippen molar-refractivity contribution in [2.75, 3.05) is 0 Å². The molecule has 0 aromatic carbocycles. The summed E-state index contributed by atoms with van der Waals surface area (Å²) >= 11 is 0. The monoisotopic (exact) mass is 274 g/mol. The summed E-state index contributed by atoms with van der Waals surface area (Å²) in [5, 5.41) is 10.8. The molecule has 112 valence electrons. The molecule has 3 fully saturated rings. The fourth-order valence-corrected chi connectivity index (χ4v) is 6.71. The molecule has 0 aromatic heterocycles. The van der Waals surface area contributed by atoms with Gasteiger partial charge in [-0.2, -0.15) is 0 Å². The van der Waals surface area contributed by atoms with E-state index >= 15 is 0 Å². The van der Waals surface area contributed by atoms with Crippen LogP contribution in [0.1, 0.15) is 71.6 Å². The summed E-state index contributed by atoms with van der Waals surface area (Å²) in [7, 11) is 0. The fraction of sp³-hybridized carbons (Fsp3) is 0.895. The molecular weight excluding hydrogens is 244 g/mol. The molecule has 0 radical (unpaired) electrons. The van der Waals surface area contributed by atoms with Crippen LogP contribution in [0.3, 0.4) is 0 Å². The molecule has 4 rings (SSSR count). The van der Waals surface area contributed by atoms with Crippen molar-refractivity contribution in [3.05, 3.63) is 11.6 Å². The van der Waals surface area contributed by atoms with Crippen molar-refractivity contribution >= 4 is 0 Å². The molecule has 0 amide bonds. The summed E-state index contributed by atoms with van der Waals surface area (Å²) in [6, 6.07) is 0. The van der Waals surface area contributed by atoms with E-state index < -0.39 is 0 Å². The van der Waals surface area contributed by atoms with Gasteiger partial charge in [0.15, 0.2) is 0 Å². The van der Waals surface area contributed by atoms with Gasteiger partial charge in [0.25, 0.3) is 0 Å². The van der Waals surface area contributed by atoms with Gasteiger partial charge in [0.05, 0.1) is 6.10 Å². The van der Waals surface area contributed by atoms with E-state index in [4.69, 9.17) is 0 Å². The smallest absolute Gasteiger partial charge is 0.0633 e. The Labute approximate surface area is 123 Å². The van der Waals surface area contributed by atoms with E-state index in [1.54, 1.807) is 5.57 Å². The minimum atomic E-state index is -0.0824. The predicted molar refractivity (Wildman–Crippen MR) is 82.3 cm³/mol. The second-order valence-corrected chi connectivity index (χ2v) is 8.62. The maximum Gasteiger partial charge on any atom is 0.0633 e. The lowest BCUT2D eigenvalue weighted by Gasteiger charge is -2.58. The summed E-state index contributed by atoms with van der Waals surface area (Å²) in [6.07, 6.45) is 14.4. The van der Waals surface area contributed by atoms with Crippen molar-refractivity contribution in [1.82, 2.24) is 0 Å². The first-order valence-electron chi connectivity index (χ1n) is 8.93. The van der Waals surface area contributed by atoms with E-state index in [1.165, 1.54) is 51.4 Å². The number of aliphatic hydroxyl groups excluding tert-OH is 1. The highest BCUT2D eigenvalue weighted by atomic mass is 16.3. The van der Waals surface area contributed by atoms with Gasteiger partial charge in [-0.25, -0.2) is 0 Å². The Kier molecular flexibility index (Phi) is 2.91. The van der Waals surface area contributed by atoms with Gasteiger partial charge in [0.2, 0.25) is 0 Å². The molecule has 20 heavy (non-hydrogen) atoms. The van der Waals surface area contributed by atoms with Crippen LogP contribution in [0.5, 0.6) is 0 Å². The third-order valence-corrected chi connectivity index (χ3v) is 7.93. The van der Waals surface area contributed by atoms with E-state index in [0.29, 0.717) is 5.41 Å². The van der Waals surface area contributed by atoms with Crippen LogP contribution in [0.4, 0.5) is 0 Å². The highest BCUT2D eigenvalue weighted by molar-refractivity contribution is 5.26. The van der Waals surface area contributed by atoms with Gasteiger partial charge in [-0.1, -0.05) is 31.9 Å². The second kappa shape index (κ2) is 4.35. The van der Waals surface area contributed by atoms with Gasteiger partial charge in [-0.05, 0) is 74.5 Å². The number of hydrogen-bond acceptors (Lipinski definition) is 1. The van der Waals surface area contributed by atoms with Crippen molar-refractivity contribution in [2.24, 2.45) is 28.6 Å². The lowest BCUT2D eigenvalue weighted by Crippen LogP contribution is -2.53. The van der Waals surface area contributed by atoms with Gasteiger partial charge in [0.1, 0.15) is 0 Å². The van der Waals surface area contributed by atoms with Crippen LogP contribution in [0, 0.1) is 28.6 Å². The molecule has 0 aromatic rings. The van der Waals surface area contributed by atoms with Crippen LogP contribution in [0.2, 0.25) is 0 Å². The molecule has 3 saturated carbocycles. The van der Waals surface area contributed by atoms with Gasteiger partial charge in [-0.15, -0.1) is 0 Å². The van der Waals surface area contributed by atoms with Crippen LogP contribution < -0.4 is 0 Å².